The van der Waals surface area contributed by atoms with Gasteiger partial charge in [-0.1, -0.05) is 127 Å². The fourth-order valence-electron chi connectivity index (χ4n) is 4.37. The van der Waals surface area contributed by atoms with Crippen molar-refractivity contribution in [1.82, 2.24) is 0 Å². The number of hydrogen-bond donors (Lipinski definition) is 0. The number of unbranched alkanes of at least 4 members (excludes halogenated alkanes) is 9. The molecule has 2 rings (SSSR count). The normalized spacial score (nSPS) is 11.3. The van der Waals surface area contributed by atoms with Gasteiger partial charge in [0.2, 0.25) is 0 Å². The van der Waals surface area contributed by atoms with Crippen molar-refractivity contribution in [3.05, 3.63) is 76.7 Å². The van der Waals surface area contributed by atoms with Gasteiger partial charge in [0.05, 0.1) is 0 Å². The first kappa shape index (κ1) is 23.7. The van der Waals surface area contributed by atoms with E-state index in [0.29, 0.717) is 0 Å². The number of hydrogen-bond acceptors (Lipinski definition) is 0. The van der Waals surface area contributed by atoms with Gasteiger partial charge in [0.25, 0.3) is 0 Å². The summed E-state index contributed by atoms with van der Waals surface area (Å²) in [6.07, 6.45) is 17.3. The van der Waals surface area contributed by atoms with Gasteiger partial charge in [-0.15, -0.1) is 0 Å². The molecule has 0 heteroatoms. The van der Waals surface area contributed by atoms with Crippen LogP contribution in [0.1, 0.15) is 114 Å². The van der Waals surface area contributed by atoms with Crippen molar-refractivity contribution in [3.8, 4) is 0 Å². The Balaban J connectivity index is 2.00. The number of rotatable bonds is 15. The molecule has 0 aromatic heterocycles. The Labute approximate surface area is 181 Å². The van der Waals surface area contributed by atoms with E-state index in [2.05, 4.69) is 69.3 Å². The maximum atomic E-state index is 2.35. The van der Waals surface area contributed by atoms with Crippen molar-refractivity contribution >= 4 is 0 Å². The average Bonchev–Trinajstić information content (AvgIpc) is 2.76. The molecule has 0 aliphatic heterocycles. The molecule has 0 fully saturated rings. The fourth-order valence-corrected chi connectivity index (χ4v) is 4.37. The molecule has 0 unspecified atom stereocenters. The van der Waals surface area contributed by atoms with Crippen molar-refractivity contribution in [2.45, 2.75) is 104 Å². The molecule has 159 valence electrons. The van der Waals surface area contributed by atoms with Crippen LogP contribution in [0.2, 0.25) is 0 Å². The van der Waals surface area contributed by atoms with E-state index in [1.165, 1.54) is 112 Å². The maximum Gasteiger partial charge on any atom is 0.0314 e. The first-order valence-corrected chi connectivity index (χ1v) is 12.3. The van der Waals surface area contributed by atoms with Crippen LogP contribution in [-0.2, 0) is 12.8 Å². The van der Waals surface area contributed by atoms with Gasteiger partial charge in [0, 0.05) is 5.92 Å². The van der Waals surface area contributed by atoms with Crippen LogP contribution in [0.15, 0.2) is 48.5 Å². The largest absolute Gasteiger partial charge is 0.0654 e. The van der Waals surface area contributed by atoms with Crippen LogP contribution >= 0.6 is 0 Å². The maximum absolute atomic E-state index is 2.35. The highest BCUT2D eigenvalue weighted by molar-refractivity contribution is 5.51. The molecule has 0 amide bonds. The molecule has 0 aliphatic carbocycles. The van der Waals surface area contributed by atoms with Gasteiger partial charge in [0.15, 0.2) is 0 Å². The first-order chi connectivity index (χ1) is 14.3. The third-order valence-electron chi connectivity index (χ3n) is 6.19. The molecule has 0 heterocycles. The summed E-state index contributed by atoms with van der Waals surface area (Å²) in [5, 5.41) is 0. The first-order valence-electron chi connectivity index (χ1n) is 12.3. The quantitative estimate of drug-likeness (QED) is 0.265. The Morgan fingerprint density at radius 2 is 0.897 bits per heavy atom. The average molecular weight is 392 g/mol. The second-order valence-electron chi connectivity index (χ2n) is 8.62. The Bertz CT molecular complexity index is 669. The smallest absolute Gasteiger partial charge is 0.0314 e. The molecule has 0 saturated heterocycles. The molecule has 29 heavy (non-hydrogen) atoms. The number of benzene rings is 2. The van der Waals surface area contributed by atoms with E-state index in [1.54, 1.807) is 0 Å². The third kappa shape index (κ3) is 8.37. The summed E-state index contributed by atoms with van der Waals surface area (Å²) in [6.45, 7) is 6.91. The van der Waals surface area contributed by atoms with Gasteiger partial charge in [-0.2, -0.15) is 0 Å². The second kappa shape index (κ2) is 14.4. The van der Waals surface area contributed by atoms with E-state index in [9.17, 15) is 0 Å². The minimum absolute atomic E-state index is 1.21. The summed E-state index contributed by atoms with van der Waals surface area (Å²) >= 11 is 0. The van der Waals surface area contributed by atoms with Crippen LogP contribution in [0.3, 0.4) is 0 Å². The molecule has 0 saturated carbocycles. The SMILES string of the molecule is CCCCCCCCc1ccccc1[C](C)c1ccccc1CCCCCCC. The van der Waals surface area contributed by atoms with E-state index in [1.807, 2.05) is 0 Å². The van der Waals surface area contributed by atoms with E-state index in [4.69, 9.17) is 0 Å². The van der Waals surface area contributed by atoms with Crippen molar-refractivity contribution in [1.29, 1.82) is 0 Å². The lowest BCUT2D eigenvalue weighted by Crippen LogP contribution is -2.05. The summed E-state index contributed by atoms with van der Waals surface area (Å²) in [7, 11) is 0. The minimum Gasteiger partial charge on any atom is -0.0654 e. The molecule has 0 nitrogen and oxygen atoms in total. The van der Waals surface area contributed by atoms with Crippen LogP contribution in [0, 0.1) is 5.92 Å². The molecule has 0 aliphatic rings. The molecule has 0 spiro atoms. The van der Waals surface area contributed by atoms with Crippen molar-refractivity contribution in [2.75, 3.05) is 0 Å². The van der Waals surface area contributed by atoms with Crippen LogP contribution < -0.4 is 0 Å². The van der Waals surface area contributed by atoms with Crippen LogP contribution in [0.5, 0.6) is 0 Å². The zero-order chi connectivity index (χ0) is 20.7. The highest BCUT2D eigenvalue weighted by atomic mass is 14.2. The predicted octanol–water partition coefficient (Wildman–Crippen LogP) is 9.09. The Kier molecular flexibility index (Phi) is 11.8. The van der Waals surface area contributed by atoms with Gasteiger partial charge < -0.3 is 0 Å². The zero-order valence-corrected chi connectivity index (χ0v) is 19.3. The van der Waals surface area contributed by atoms with Crippen LogP contribution in [-0.4, -0.2) is 0 Å². The molecule has 0 atom stereocenters. The third-order valence-corrected chi connectivity index (χ3v) is 6.19. The Morgan fingerprint density at radius 3 is 1.34 bits per heavy atom. The van der Waals surface area contributed by atoms with Crippen molar-refractivity contribution < 1.29 is 0 Å². The molecule has 0 bridgehead atoms. The molecular formula is C29H43. The Morgan fingerprint density at radius 1 is 0.517 bits per heavy atom. The lowest BCUT2D eigenvalue weighted by Gasteiger charge is -2.20. The highest BCUT2D eigenvalue weighted by Crippen LogP contribution is 2.30. The minimum atomic E-state index is 1.21. The molecule has 0 N–H and O–H groups in total. The van der Waals surface area contributed by atoms with Gasteiger partial charge >= 0.3 is 0 Å². The standard InChI is InChI=1S/C29H43/c1-4-6-8-10-12-14-20-27-22-16-18-24-29(27)25(3)28-23-17-15-21-26(28)19-13-11-9-7-5-2/h15-18,21-24H,4-14,19-20H2,1-3H3. The number of aryl methyl sites for hydroxylation is 2. The van der Waals surface area contributed by atoms with E-state index in [0.717, 1.165) is 0 Å². The lowest BCUT2D eigenvalue weighted by molar-refractivity contribution is 0.607. The monoisotopic (exact) mass is 391 g/mol. The molecule has 2 aromatic carbocycles. The summed E-state index contributed by atoms with van der Waals surface area (Å²) < 4.78 is 0. The fraction of sp³-hybridized carbons (Fsp3) is 0.552. The van der Waals surface area contributed by atoms with Crippen LogP contribution in [0.4, 0.5) is 0 Å². The summed E-state index contributed by atoms with van der Waals surface area (Å²) in [5.74, 6) is 1.45. The second-order valence-corrected chi connectivity index (χ2v) is 8.62. The van der Waals surface area contributed by atoms with E-state index < -0.39 is 0 Å². The van der Waals surface area contributed by atoms with Gasteiger partial charge in [0.1, 0.15) is 0 Å². The topological polar surface area (TPSA) is 0 Å². The Hall–Kier alpha value is -1.56. The van der Waals surface area contributed by atoms with Crippen molar-refractivity contribution in [3.63, 3.8) is 0 Å². The highest BCUT2D eigenvalue weighted by Gasteiger charge is 2.16. The van der Waals surface area contributed by atoms with E-state index >= 15 is 0 Å². The van der Waals surface area contributed by atoms with Crippen LogP contribution in [0.25, 0.3) is 0 Å². The molecular weight excluding hydrogens is 348 g/mol. The summed E-state index contributed by atoms with van der Waals surface area (Å²) in [5.41, 5.74) is 5.96. The predicted molar refractivity (Wildman–Crippen MR) is 130 cm³/mol. The molecule has 1 radical (unpaired) electrons. The van der Waals surface area contributed by atoms with Crippen molar-refractivity contribution in [2.24, 2.45) is 0 Å². The van der Waals surface area contributed by atoms with Gasteiger partial charge in [-0.25, -0.2) is 0 Å². The summed E-state index contributed by atoms with van der Waals surface area (Å²) in [6, 6.07) is 18.2. The van der Waals surface area contributed by atoms with E-state index in [-0.39, 0.29) is 0 Å². The zero-order valence-electron chi connectivity index (χ0n) is 19.3. The van der Waals surface area contributed by atoms with Gasteiger partial charge in [-0.05, 0) is 47.9 Å². The lowest BCUT2D eigenvalue weighted by atomic mass is 9.84. The summed E-state index contributed by atoms with van der Waals surface area (Å²) in [4.78, 5) is 0. The van der Waals surface area contributed by atoms with Gasteiger partial charge in [-0.3, -0.25) is 0 Å². The molecule has 2 aromatic rings.